The van der Waals surface area contributed by atoms with Crippen molar-refractivity contribution in [3.8, 4) is 0 Å². The molecule has 0 saturated carbocycles. The van der Waals surface area contributed by atoms with Gasteiger partial charge in [0, 0.05) is 17.5 Å². The van der Waals surface area contributed by atoms with Gasteiger partial charge in [-0.05, 0) is 31.2 Å². The molecule has 0 saturated heterocycles. The van der Waals surface area contributed by atoms with Gasteiger partial charge < -0.3 is 5.32 Å². The summed E-state index contributed by atoms with van der Waals surface area (Å²) in [5, 5.41) is 4.62. The van der Waals surface area contributed by atoms with Crippen molar-refractivity contribution in [1.29, 1.82) is 0 Å². The minimum absolute atomic E-state index is 0.0643. The van der Waals surface area contributed by atoms with Crippen molar-refractivity contribution in [2.24, 2.45) is 0 Å². The predicted molar refractivity (Wildman–Crippen MR) is 88.3 cm³/mol. The zero-order valence-corrected chi connectivity index (χ0v) is 14.1. The summed E-state index contributed by atoms with van der Waals surface area (Å²) in [7, 11) is 0. The Morgan fingerprint density at radius 1 is 1.30 bits per heavy atom. The molecule has 0 spiro atoms. The van der Waals surface area contributed by atoms with E-state index < -0.39 is 0 Å². The lowest BCUT2D eigenvalue weighted by Gasteiger charge is -2.18. The minimum atomic E-state index is 0.0643. The zero-order chi connectivity index (χ0) is 14.5. The van der Waals surface area contributed by atoms with E-state index in [0.29, 0.717) is 10.0 Å². The zero-order valence-electron chi connectivity index (χ0n) is 11.0. The van der Waals surface area contributed by atoms with Crippen LogP contribution in [0.2, 0.25) is 14.4 Å². The Labute approximate surface area is 138 Å². The average molecular weight is 350 g/mol. The smallest absolute Gasteiger partial charge is 0.0931 e. The SMILES string of the molecule is CCCNC(Cc1ccc(Cl)s1)c1ncc(Cl)cc1Cl. The van der Waals surface area contributed by atoms with E-state index in [-0.39, 0.29) is 6.04 Å². The van der Waals surface area contributed by atoms with E-state index in [1.165, 1.54) is 4.88 Å². The van der Waals surface area contributed by atoms with Gasteiger partial charge in [-0.15, -0.1) is 11.3 Å². The maximum atomic E-state index is 6.27. The van der Waals surface area contributed by atoms with Crippen molar-refractivity contribution in [1.82, 2.24) is 10.3 Å². The molecule has 0 aliphatic rings. The Balaban J connectivity index is 2.22. The van der Waals surface area contributed by atoms with Gasteiger partial charge in [-0.1, -0.05) is 41.7 Å². The largest absolute Gasteiger partial charge is 0.308 e. The molecule has 1 unspecified atom stereocenters. The summed E-state index contributed by atoms with van der Waals surface area (Å²) in [6.45, 7) is 3.04. The van der Waals surface area contributed by atoms with Crippen molar-refractivity contribution in [2.75, 3.05) is 6.54 Å². The van der Waals surface area contributed by atoms with Crippen LogP contribution >= 0.6 is 46.1 Å². The highest BCUT2D eigenvalue weighted by Crippen LogP contribution is 2.29. The first-order valence-electron chi connectivity index (χ1n) is 6.38. The summed E-state index contributed by atoms with van der Waals surface area (Å²) >= 11 is 19.7. The van der Waals surface area contributed by atoms with Crippen LogP contribution in [0.5, 0.6) is 0 Å². The third kappa shape index (κ3) is 4.34. The fourth-order valence-electron chi connectivity index (χ4n) is 1.93. The molecule has 2 heterocycles. The Morgan fingerprint density at radius 2 is 2.10 bits per heavy atom. The monoisotopic (exact) mass is 348 g/mol. The maximum Gasteiger partial charge on any atom is 0.0931 e. The molecular weight excluding hydrogens is 335 g/mol. The second kappa shape index (κ2) is 7.62. The number of rotatable bonds is 6. The van der Waals surface area contributed by atoms with Crippen LogP contribution in [0.15, 0.2) is 24.4 Å². The molecule has 0 amide bonds. The first kappa shape index (κ1) is 16.1. The molecule has 2 rings (SSSR count). The van der Waals surface area contributed by atoms with Crippen molar-refractivity contribution >= 4 is 46.1 Å². The molecule has 2 nitrogen and oxygen atoms in total. The fourth-order valence-corrected chi connectivity index (χ4v) is 3.57. The number of aromatic nitrogens is 1. The van der Waals surface area contributed by atoms with Gasteiger partial charge in [0.05, 0.1) is 26.1 Å². The van der Waals surface area contributed by atoms with Crippen LogP contribution in [-0.2, 0) is 6.42 Å². The lowest BCUT2D eigenvalue weighted by Crippen LogP contribution is -2.25. The summed E-state index contributed by atoms with van der Waals surface area (Å²) in [5.74, 6) is 0. The molecule has 0 aliphatic carbocycles. The van der Waals surface area contributed by atoms with Gasteiger partial charge in [0.1, 0.15) is 0 Å². The number of thiophene rings is 1. The molecule has 6 heteroatoms. The van der Waals surface area contributed by atoms with Crippen molar-refractivity contribution < 1.29 is 0 Å². The van der Waals surface area contributed by atoms with Crippen molar-refractivity contribution in [2.45, 2.75) is 25.8 Å². The first-order valence-corrected chi connectivity index (χ1v) is 8.33. The molecule has 1 atom stereocenters. The summed E-state index contributed by atoms with van der Waals surface area (Å²) in [6.07, 6.45) is 3.49. The molecule has 20 heavy (non-hydrogen) atoms. The number of hydrogen-bond acceptors (Lipinski definition) is 3. The Morgan fingerprint density at radius 3 is 2.70 bits per heavy atom. The van der Waals surface area contributed by atoms with Crippen molar-refractivity contribution in [3.05, 3.63) is 49.3 Å². The van der Waals surface area contributed by atoms with E-state index in [1.807, 2.05) is 12.1 Å². The van der Waals surface area contributed by atoms with Gasteiger partial charge in [-0.25, -0.2) is 0 Å². The number of hydrogen-bond donors (Lipinski definition) is 1. The van der Waals surface area contributed by atoms with E-state index >= 15 is 0 Å². The fraction of sp³-hybridized carbons (Fsp3) is 0.357. The third-order valence-corrected chi connectivity index (χ3v) is 4.60. The number of nitrogens with zero attached hydrogens (tertiary/aromatic N) is 1. The van der Waals surface area contributed by atoms with Crippen LogP contribution < -0.4 is 5.32 Å². The van der Waals surface area contributed by atoms with E-state index in [4.69, 9.17) is 34.8 Å². The number of pyridine rings is 1. The van der Waals surface area contributed by atoms with Gasteiger partial charge in [0.25, 0.3) is 0 Å². The Kier molecular flexibility index (Phi) is 6.12. The van der Waals surface area contributed by atoms with Gasteiger partial charge in [-0.2, -0.15) is 0 Å². The first-order chi connectivity index (χ1) is 9.60. The van der Waals surface area contributed by atoms with E-state index in [9.17, 15) is 0 Å². The molecule has 2 aromatic rings. The van der Waals surface area contributed by atoms with E-state index in [0.717, 1.165) is 29.4 Å². The number of halogens is 3. The standard InChI is InChI=1S/C14H15Cl3N2S/c1-2-5-18-12(7-10-3-4-13(17)20-10)14-11(16)6-9(15)8-19-14/h3-4,6,8,12,18H,2,5,7H2,1H3. The lowest BCUT2D eigenvalue weighted by atomic mass is 10.1. The quantitative estimate of drug-likeness (QED) is 0.756. The highest BCUT2D eigenvalue weighted by atomic mass is 35.5. The van der Waals surface area contributed by atoms with Gasteiger partial charge in [0.2, 0.25) is 0 Å². The Hall–Kier alpha value is -0.320. The molecule has 1 N–H and O–H groups in total. The van der Waals surface area contributed by atoms with Crippen LogP contribution in [0.3, 0.4) is 0 Å². The predicted octanol–water partition coefficient (Wildman–Crippen LogP) is 5.39. The minimum Gasteiger partial charge on any atom is -0.308 e. The molecule has 0 radical (unpaired) electrons. The molecule has 0 bridgehead atoms. The maximum absolute atomic E-state index is 6.27. The average Bonchev–Trinajstić information content (AvgIpc) is 2.80. The third-order valence-electron chi connectivity index (χ3n) is 2.84. The van der Waals surface area contributed by atoms with Gasteiger partial charge in [-0.3, -0.25) is 4.98 Å². The van der Waals surface area contributed by atoms with Crippen LogP contribution in [0.4, 0.5) is 0 Å². The molecular formula is C14H15Cl3N2S. The molecule has 0 aliphatic heterocycles. The van der Waals surface area contributed by atoms with Crippen LogP contribution in [-0.4, -0.2) is 11.5 Å². The second-order valence-electron chi connectivity index (χ2n) is 4.44. The second-order valence-corrected chi connectivity index (χ2v) is 7.08. The van der Waals surface area contributed by atoms with Crippen LogP contribution in [0.1, 0.15) is 30.0 Å². The number of nitrogens with one attached hydrogen (secondary N) is 1. The molecule has 108 valence electrons. The van der Waals surface area contributed by atoms with E-state index in [1.54, 1.807) is 23.6 Å². The summed E-state index contributed by atoms with van der Waals surface area (Å²) in [5.41, 5.74) is 0.828. The molecule has 0 fully saturated rings. The van der Waals surface area contributed by atoms with E-state index in [2.05, 4.69) is 17.2 Å². The lowest BCUT2D eigenvalue weighted by molar-refractivity contribution is 0.521. The molecule has 0 aromatic carbocycles. The molecule has 2 aromatic heterocycles. The van der Waals surface area contributed by atoms with Crippen LogP contribution in [0.25, 0.3) is 0 Å². The van der Waals surface area contributed by atoms with Crippen molar-refractivity contribution in [3.63, 3.8) is 0 Å². The topological polar surface area (TPSA) is 24.9 Å². The normalized spacial score (nSPS) is 12.6. The summed E-state index contributed by atoms with van der Waals surface area (Å²) < 4.78 is 0.796. The van der Waals surface area contributed by atoms with Crippen LogP contribution in [0, 0.1) is 0 Å². The summed E-state index contributed by atoms with van der Waals surface area (Å²) in [6, 6.07) is 5.75. The highest BCUT2D eigenvalue weighted by Gasteiger charge is 2.17. The van der Waals surface area contributed by atoms with Gasteiger partial charge >= 0.3 is 0 Å². The highest BCUT2D eigenvalue weighted by molar-refractivity contribution is 7.16. The van der Waals surface area contributed by atoms with Gasteiger partial charge in [0.15, 0.2) is 0 Å². The Bertz CT molecular complexity index is 571. The summed E-state index contributed by atoms with van der Waals surface area (Å²) in [4.78, 5) is 5.58.